The van der Waals surface area contributed by atoms with E-state index in [9.17, 15) is 14.9 Å². The van der Waals surface area contributed by atoms with Gasteiger partial charge >= 0.3 is 0 Å². The van der Waals surface area contributed by atoms with Gasteiger partial charge in [-0.2, -0.15) is 5.26 Å². The van der Waals surface area contributed by atoms with Crippen LogP contribution in [0.4, 0.5) is 0 Å². The van der Waals surface area contributed by atoms with Gasteiger partial charge < -0.3 is 24.4 Å². The van der Waals surface area contributed by atoms with Gasteiger partial charge in [0.1, 0.15) is 17.8 Å². The summed E-state index contributed by atoms with van der Waals surface area (Å²) in [5, 5.41) is 12.3. The Morgan fingerprint density at radius 3 is 2.87 bits per heavy atom. The van der Waals surface area contributed by atoms with E-state index in [1.807, 2.05) is 25.1 Å². The average molecular weight is 421 g/mol. The van der Waals surface area contributed by atoms with Crippen LogP contribution in [-0.2, 0) is 9.59 Å². The number of ether oxygens (including phenoxy) is 3. The number of carbonyl (C=O) groups is 2. The van der Waals surface area contributed by atoms with Gasteiger partial charge in [0.25, 0.3) is 5.91 Å². The van der Waals surface area contributed by atoms with Crippen molar-refractivity contribution in [1.82, 2.24) is 10.2 Å². The molecule has 160 valence electrons. The lowest BCUT2D eigenvalue weighted by atomic mass is 10.1. The third-order valence-electron chi connectivity index (χ3n) is 5.47. The van der Waals surface area contributed by atoms with E-state index >= 15 is 0 Å². The standard InChI is InChI=1S/C23H23N3O5/c1-15-5-2-3-7-19(15)29-13-22(27)26-10-4-6-18(26)23(28)25-17(12-24)16-8-9-20-21(11-16)31-14-30-20/h2-3,5,7-9,11,17-18H,4,6,10,13-14H2,1H3,(H,25,28)/t17?,18-/m0/s1. The molecule has 2 heterocycles. The van der Waals surface area contributed by atoms with Crippen LogP contribution in [0.2, 0.25) is 0 Å². The molecule has 1 saturated heterocycles. The normalized spacial score (nSPS) is 17.7. The highest BCUT2D eigenvalue weighted by molar-refractivity contribution is 5.89. The minimum absolute atomic E-state index is 0.131. The molecule has 0 saturated carbocycles. The molecule has 0 bridgehead atoms. The van der Waals surface area contributed by atoms with Gasteiger partial charge in [-0.25, -0.2) is 0 Å². The van der Waals surface area contributed by atoms with Crippen LogP contribution in [0.5, 0.6) is 17.2 Å². The number of carbonyl (C=O) groups excluding carboxylic acids is 2. The second-order valence-corrected chi connectivity index (χ2v) is 7.48. The third kappa shape index (κ3) is 4.40. The van der Waals surface area contributed by atoms with E-state index in [-0.39, 0.29) is 25.2 Å². The van der Waals surface area contributed by atoms with Crippen molar-refractivity contribution in [2.75, 3.05) is 19.9 Å². The maximum Gasteiger partial charge on any atom is 0.261 e. The summed E-state index contributed by atoms with van der Waals surface area (Å²) in [4.78, 5) is 27.2. The van der Waals surface area contributed by atoms with Crippen LogP contribution >= 0.6 is 0 Å². The van der Waals surface area contributed by atoms with Crippen molar-refractivity contribution in [2.45, 2.75) is 31.8 Å². The van der Waals surface area contributed by atoms with Gasteiger partial charge in [-0.1, -0.05) is 24.3 Å². The maximum atomic E-state index is 12.9. The van der Waals surface area contributed by atoms with E-state index < -0.39 is 12.1 Å². The predicted molar refractivity (Wildman–Crippen MR) is 110 cm³/mol. The molecule has 2 aliphatic heterocycles. The Kier molecular flexibility index (Phi) is 5.94. The first-order chi connectivity index (χ1) is 15.1. The summed E-state index contributed by atoms with van der Waals surface area (Å²) in [5.41, 5.74) is 1.53. The molecule has 31 heavy (non-hydrogen) atoms. The van der Waals surface area contributed by atoms with Crippen LogP contribution in [0.1, 0.15) is 30.0 Å². The van der Waals surface area contributed by atoms with Crippen LogP contribution in [0, 0.1) is 18.3 Å². The average Bonchev–Trinajstić information content (AvgIpc) is 3.45. The summed E-state index contributed by atoms with van der Waals surface area (Å²) in [7, 11) is 0. The molecular weight excluding hydrogens is 398 g/mol. The zero-order chi connectivity index (χ0) is 21.8. The Morgan fingerprint density at radius 2 is 2.06 bits per heavy atom. The van der Waals surface area contributed by atoms with Gasteiger partial charge in [0.2, 0.25) is 12.7 Å². The number of fused-ring (bicyclic) bond motifs is 1. The van der Waals surface area contributed by atoms with Gasteiger partial charge in [0, 0.05) is 6.54 Å². The summed E-state index contributed by atoms with van der Waals surface area (Å²) in [6.45, 7) is 2.38. The quantitative estimate of drug-likeness (QED) is 0.769. The van der Waals surface area contributed by atoms with Gasteiger partial charge in [-0.15, -0.1) is 0 Å². The molecule has 2 aliphatic rings. The predicted octanol–water partition coefficient (Wildman–Crippen LogP) is 2.47. The molecule has 4 rings (SSSR count). The molecule has 0 aliphatic carbocycles. The molecule has 1 N–H and O–H groups in total. The maximum absolute atomic E-state index is 12.9. The van der Waals surface area contributed by atoms with Crippen molar-refractivity contribution in [1.29, 1.82) is 5.26 Å². The lowest BCUT2D eigenvalue weighted by Gasteiger charge is -2.25. The first-order valence-corrected chi connectivity index (χ1v) is 10.1. The number of rotatable bonds is 6. The first-order valence-electron chi connectivity index (χ1n) is 10.1. The van der Waals surface area contributed by atoms with E-state index in [0.29, 0.717) is 35.8 Å². The number of hydrogen-bond donors (Lipinski definition) is 1. The van der Waals surface area contributed by atoms with Crippen molar-refractivity contribution in [3.05, 3.63) is 53.6 Å². The molecule has 2 aromatic rings. The number of aryl methyl sites for hydroxylation is 1. The molecule has 8 heteroatoms. The fourth-order valence-corrected chi connectivity index (χ4v) is 3.80. The van der Waals surface area contributed by atoms with Crippen molar-refractivity contribution in [3.63, 3.8) is 0 Å². The molecule has 0 radical (unpaired) electrons. The largest absolute Gasteiger partial charge is 0.484 e. The fourth-order valence-electron chi connectivity index (χ4n) is 3.80. The fraction of sp³-hybridized carbons (Fsp3) is 0.348. The number of amides is 2. The monoisotopic (exact) mass is 421 g/mol. The Morgan fingerprint density at radius 1 is 1.26 bits per heavy atom. The number of nitrogens with one attached hydrogen (secondary N) is 1. The minimum atomic E-state index is -0.859. The van der Waals surface area contributed by atoms with Crippen molar-refractivity contribution >= 4 is 11.8 Å². The minimum Gasteiger partial charge on any atom is -0.484 e. The number of benzene rings is 2. The SMILES string of the molecule is Cc1ccccc1OCC(=O)N1CCC[C@H]1C(=O)NC(C#N)c1ccc2c(c1)OCO2. The number of hydrogen-bond acceptors (Lipinski definition) is 6. The van der Waals surface area contributed by atoms with E-state index in [1.165, 1.54) is 4.90 Å². The van der Waals surface area contributed by atoms with Gasteiger partial charge in [0.05, 0.1) is 6.07 Å². The van der Waals surface area contributed by atoms with E-state index in [0.717, 1.165) is 12.0 Å². The van der Waals surface area contributed by atoms with Crippen molar-refractivity contribution in [2.24, 2.45) is 0 Å². The van der Waals surface area contributed by atoms with Crippen LogP contribution in [0.3, 0.4) is 0 Å². The zero-order valence-electron chi connectivity index (χ0n) is 17.2. The molecule has 1 unspecified atom stereocenters. The topological polar surface area (TPSA) is 101 Å². The van der Waals surface area contributed by atoms with Gasteiger partial charge in [-0.05, 0) is 49.1 Å². The smallest absolute Gasteiger partial charge is 0.261 e. The number of nitriles is 1. The number of likely N-dealkylation sites (tertiary alicyclic amines) is 1. The van der Waals surface area contributed by atoms with Gasteiger partial charge in [-0.3, -0.25) is 9.59 Å². The summed E-state index contributed by atoms with van der Waals surface area (Å²) in [6.07, 6.45) is 1.26. The Labute approximate surface area is 180 Å². The summed E-state index contributed by atoms with van der Waals surface area (Å²) in [6, 6.07) is 13.2. The summed E-state index contributed by atoms with van der Waals surface area (Å²) < 4.78 is 16.3. The van der Waals surface area contributed by atoms with Crippen LogP contribution in [0.15, 0.2) is 42.5 Å². The van der Waals surface area contributed by atoms with Crippen LogP contribution in [0.25, 0.3) is 0 Å². The van der Waals surface area contributed by atoms with Crippen LogP contribution < -0.4 is 19.5 Å². The lowest BCUT2D eigenvalue weighted by molar-refractivity contribution is -0.140. The van der Waals surface area contributed by atoms with Crippen molar-refractivity contribution < 1.29 is 23.8 Å². The summed E-state index contributed by atoms with van der Waals surface area (Å²) >= 11 is 0. The molecule has 8 nitrogen and oxygen atoms in total. The molecule has 0 aromatic heterocycles. The molecular formula is C23H23N3O5. The van der Waals surface area contributed by atoms with Crippen LogP contribution in [-0.4, -0.2) is 42.7 Å². The summed E-state index contributed by atoms with van der Waals surface area (Å²) in [5.74, 6) is 1.18. The van der Waals surface area contributed by atoms with E-state index in [2.05, 4.69) is 11.4 Å². The number of para-hydroxylation sites is 1. The van der Waals surface area contributed by atoms with E-state index in [4.69, 9.17) is 14.2 Å². The second kappa shape index (κ2) is 8.96. The highest BCUT2D eigenvalue weighted by atomic mass is 16.7. The molecule has 2 atom stereocenters. The molecule has 2 amide bonds. The lowest BCUT2D eigenvalue weighted by Crippen LogP contribution is -2.48. The third-order valence-corrected chi connectivity index (χ3v) is 5.47. The first kappa shape index (κ1) is 20.5. The van der Waals surface area contributed by atoms with E-state index in [1.54, 1.807) is 24.3 Å². The zero-order valence-corrected chi connectivity index (χ0v) is 17.2. The Hall–Kier alpha value is -3.73. The Balaban J connectivity index is 1.39. The Bertz CT molecular complexity index is 1030. The molecule has 2 aromatic carbocycles. The highest BCUT2D eigenvalue weighted by Crippen LogP contribution is 2.34. The van der Waals surface area contributed by atoms with Gasteiger partial charge in [0.15, 0.2) is 18.1 Å². The second-order valence-electron chi connectivity index (χ2n) is 7.48. The van der Waals surface area contributed by atoms with Crippen molar-refractivity contribution in [3.8, 4) is 23.3 Å². The molecule has 0 spiro atoms. The molecule has 1 fully saturated rings. The number of nitrogens with zero attached hydrogens (tertiary/aromatic N) is 2. The highest BCUT2D eigenvalue weighted by Gasteiger charge is 2.35.